The molecule has 2 rings (SSSR count). The van der Waals surface area contributed by atoms with Gasteiger partial charge >= 0.3 is 5.69 Å². The zero-order valence-corrected chi connectivity index (χ0v) is 9.62. The van der Waals surface area contributed by atoms with Gasteiger partial charge in [0, 0.05) is 25.1 Å². The smallest absolute Gasteiger partial charge is 0.311 e. The van der Waals surface area contributed by atoms with Crippen molar-refractivity contribution in [1.82, 2.24) is 5.32 Å². The minimum atomic E-state index is -0.408. The molecule has 1 N–H and O–H groups in total. The van der Waals surface area contributed by atoms with Crippen LogP contribution in [0.2, 0.25) is 0 Å². The van der Waals surface area contributed by atoms with E-state index in [0.717, 1.165) is 18.7 Å². The largest absolute Gasteiger partial charge is 0.490 e. The molecule has 6 heteroatoms. The lowest BCUT2D eigenvalue weighted by atomic mass is 9.93. The normalized spacial score (nSPS) is 14.8. The van der Waals surface area contributed by atoms with Crippen LogP contribution in [0.15, 0.2) is 18.2 Å². The van der Waals surface area contributed by atoms with Gasteiger partial charge in [-0.2, -0.15) is 0 Å². The molecule has 1 aliphatic heterocycles. The lowest BCUT2D eigenvalue weighted by Gasteiger charge is -2.27. The van der Waals surface area contributed by atoms with Crippen molar-refractivity contribution in [1.29, 1.82) is 0 Å². The molecular weight excluding hydrogens is 232 g/mol. The Balaban J connectivity index is 0.00000128. The predicted molar refractivity (Wildman–Crippen MR) is 62.5 cm³/mol. The second-order valence-corrected chi connectivity index (χ2v) is 3.54. The Morgan fingerprint density at radius 2 is 2.19 bits per heavy atom. The van der Waals surface area contributed by atoms with Gasteiger partial charge in [-0.05, 0) is 11.6 Å². The lowest BCUT2D eigenvalue weighted by Crippen LogP contribution is -2.39. The monoisotopic (exact) mass is 244 g/mol. The maximum Gasteiger partial charge on any atom is 0.311 e. The molecule has 1 fully saturated rings. The maximum absolute atomic E-state index is 10.8. The van der Waals surface area contributed by atoms with Crippen LogP contribution in [0.3, 0.4) is 0 Å². The highest BCUT2D eigenvalue weighted by Gasteiger charge is 2.23. The molecule has 1 aliphatic rings. The maximum atomic E-state index is 10.8. The summed E-state index contributed by atoms with van der Waals surface area (Å²) in [6.07, 6.45) is 0. The van der Waals surface area contributed by atoms with Gasteiger partial charge in [-0.1, -0.05) is 6.07 Å². The minimum Gasteiger partial charge on any atom is -0.490 e. The number of nitrogens with one attached hydrogen (secondary N) is 1. The van der Waals surface area contributed by atoms with Gasteiger partial charge in [-0.3, -0.25) is 10.1 Å². The number of ether oxygens (including phenoxy) is 1. The highest BCUT2D eigenvalue weighted by molar-refractivity contribution is 5.85. The first-order chi connectivity index (χ1) is 7.22. The van der Waals surface area contributed by atoms with Gasteiger partial charge in [-0.15, -0.1) is 12.4 Å². The molecule has 1 aromatic rings. The van der Waals surface area contributed by atoms with Crippen LogP contribution in [0, 0.1) is 10.1 Å². The van der Waals surface area contributed by atoms with Gasteiger partial charge in [-0.25, -0.2) is 0 Å². The van der Waals surface area contributed by atoms with E-state index in [1.54, 1.807) is 12.1 Å². The predicted octanol–water partition coefficient (Wildman–Crippen LogP) is 1.71. The van der Waals surface area contributed by atoms with Gasteiger partial charge in [0.15, 0.2) is 5.75 Å². The average Bonchev–Trinajstić information content (AvgIpc) is 2.15. The van der Waals surface area contributed by atoms with Crippen molar-refractivity contribution in [3.63, 3.8) is 0 Å². The number of hydrogen-bond acceptors (Lipinski definition) is 4. The van der Waals surface area contributed by atoms with Gasteiger partial charge in [0.25, 0.3) is 0 Å². The molecule has 0 radical (unpaired) electrons. The molecule has 1 aromatic carbocycles. The van der Waals surface area contributed by atoms with Crippen molar-refractivity contribution in [2.24, 2.45) is 0 Å². The summed E-state index contributed by atoms with van der Waals surface area (Å²) in [5, 5.41) is 13.9. The van der Waals surface area contributed by atoms with Crippen LogP contribution >= 0.6 is 12.4 Å². The topological polar surface area (TPSA) is 64.4 Å². The Hall–Kier alpha value is -1.33. The third-order valence-corrected chi connectivity index (χ3v) is 2.65. The minimum absolute atomic E-state index is 0. The summed E-state index contributed by atoms with van der Waals surface area (Å²) >= 11 is 0. The Morgan fingerprint density at radius 3 is 2.62 bits per heavy atom. The molecule has 0 bridgehead atoms. The number of nitro benzene ring substituents is 1. The van der Waals surface area contributed by atoms with Crippen molar-refractivity contribution in [3.8, 4) is 5.75 Å². The highest BCUT2D eigenvalue weighted by atomic mass is 35.5. The molecule has 1 saturated heterocycles. The molecular formula is C10H13ClN2O3. The fraction of sp³-hybridized carbons (Fsp3) is 0.400. The van der Waals surface area contributed by atoms with Crippen molar-refractivity contribution < 1.29 is 9.66 Å². The van der Waals surface area contributed by atoms with E-state index in [2.05, 4.69) is 5.32 Å². The second kappa shape index (κ2) is 5.14. The van der Waals surface area contributed by atoms with E-state index in [9.17, 15) is 10.1 Å². The molecule has 5 nitrogen and oxygen atoms in total. The van der Waals surface area contributed by atoms with Crippen molar-refractivity contribution in [3.05, 3.63) is 33.9 Å². The third kappa shape index (κ3) is 2.25. The molecule has 88 valence electrons. The summed E-state index contributed by atoms with van der Waals surface area (Å²) in [7, 11) is 1.44. The van der Waals surface area contributed by atoms with E-state index in [0.29, 0.717) is 11.7 Å². The quantitative estimate of drug-likeness (QED) is 0.649. The van der Waals surface area contributed by atoms with E-state index in [1.165, 1.54) is 7.11 Å². The van der Waals surface area contributed by atoms with Gasteiger partial charge in [0.05, 0.1) is 12.0 Å². The van der Waals surface area contributed by atoms with Crippen LogP contribution in [0.5, 0.6) is 5.75 Å². The molecule has 16 heavy (non-hydrogen) atoms. The number of nitro groups is 1. The number of rotatable bonds is 3. The third-order valence-electron chi connectivity index (χ3n) is 2.65. The van der Waals surface area contributed by atoms with E-state index in [1.807, 2.05) is 6.07 Å². The molecule has 0 aliphatic carbocycles. The fourth-order valence-corrected chi connectivity index (χ4v) is 1.63. The fourth-order valence-electron chi connectivity index (χ4n) is 1.63. The summed E-state index contributed by atoms with van der Waals surface area (Å²) in [6, 6.07) is 5.15. The first-order valence-corrected chi connectivity index (χ1v) is 4.75. The van der Waals surface area contributed by atoms with Crippen LogP contribution in [0.4, 0.5) is 5.69 Å². The second-order valence-electron chi connectivity index (χ2n) is 3.54. The Labute approximate surface area is 99.4 Å². The van der Waals surface area contributed by atoms with E-state index < -0.39 is 4.92 Å². The Bertz CT molecular complexity index is 394. The lowest BCUT2D eigenvalue weighted by molar-refractivity contribution is -0.385. The van der Waals surface area contributed by atoms with Crippen LogP contribution in [0.1, 0.15) is 11.5 Å². The van der Waals surface area contributed by atoms with E-state index in [4.69, 9.17) is 4.74 Å². The van der Waals surface area contributed by atoms with Crippen molar-refractivity contribution in [2.75, 3.05) is 20.2 Å². The van der Waals surface area contributed by atoms with E-state index >= 15 is 0 Å². The van der Waals surface area contributed by atoms with Gasteiger partial charge in [0.1, 0.15) is 0 Å². The number of methoxy groups -OCH3 is 1. The molecule has 0 unspecified atom stereocenters. The van der Waals surface area contributed by atoms with Crippen molar-refractivity contribution >= 4 is 18.1 Å². The first-order valence-electron chi connectivity index (χ1n) is 4.75. The first kappa shape index (κ1) is 12.7. The molecule has 0 amide bonds. The van der Waals surface area contributed by atoms with E-state index in [-0.39, 0.29) is 18.1 Å². The zero-order valence-electron chi connectivity index (χ0n) is 8.80. The van der Waals surface area contributed by atoms with Crippen LogP contribution < -0.4 is 10.1 Å². The SMILES string of the molecule is COc1ccc(C2CNC2)cc1[N+](=O)[O-].Cl. The summed E-state index contributed by atoms with van der Waals surface area (Å²) in [5.74, 6) is 0.714. The van der Waals surface area contributed by atoms with Crippen LogP contribution in [-0.4, -0.2) is 25.1 Å². The highest BCUT2D eigenvalue weighted by Crippen LogP contribution is 2.31. The summed E-state index contributed by atoms with van der Waals surface area (Å²) in [5.41, 5.74) is 1.04. The molecule has 0 saturated carbocycles. The van der Waals surface area contributed by atoms with Gasteiger partial charge < -0.3 is 10.1 Å². The van der Waals surface area contributed by atoms with Crippen molar-refractivity contribution in [2.45, 2.75) is 5.92 Å². The van der Waals surface area contributed by atoms with Crippen LogP contribution in [-0.2, 0) is 0 Å². The number of nitrogens with zero attached hydrogens (tertiary/aromatic N) is 1. The molecule has 0 aromatic heterocycles. The van der Waals surface area contributed by atoms with Crippen LogP contribution in [0.25, 0.3) is 0 Å². The molecule has 1 heterocycles. The number of halogens is 1. The van der Waals surface area contributed by atoms with Gasteiger partial charge in [0.2, 0.25) is 0 Å². The Morgan fingerprint density at radius 1 is 1.50 bits per heavy atom. The standard InChI is InChI=1S/C10H12N2O3.ClH/c1-15-10-3-2-7(8-5-11-6-8)4-9(10)12(13)14;/h2-4,8,11H,5-6H2,1H3;1H. The molecule has 0 spiro atoms. The molecule has 0 atom stereocenters. The average molecular weight is 245 g/mol. The zero-order chi connectivity index (χ0) is 10.8. The summed E-state index contributed by atoms with van der Waals surface area (Å²) < 4.78 is 4.94. The number of hydrogen-bond donors (Lipinski definition) is 1. The Kier molecular flexibility index (Phi) is 4.09. The summed E-state index contributed by atoms with van der Waals surface area (Å²) in [4.78, 5) is 10.4. The summed E-state index contributed by atoms with van der Waals surface area (Å²) in [6.45, 7) is 1.78. The number of benzene rings is 1.